The number of pyridine rings is 1. The first-order chi connectivity index (χ1) is 14.9. The van der Waals surface area contributed by atoms with E-state index in [9.17, 15) is 14.4 Å². The molecule has 0 atom stereocenters. The molecule has 3 rings (SSSR count). The third-order valence-corrected chi connectivity index (χ3v) is 4.93. The molecular weight excluding hydrogens is 424 g/mol. The molecule has 0 bridgehead atoms. The molecule has 162 valence electrons. The third kappa shape index (κ3) is 5.20. The fraction of sp³-hybridized carbons (Fsp3) is 0.200. The highest BCUT2D eigenvalue weighted by atomic mass is 32.1. The van der Waals surface area contributed by atoms with Gasteiger partial charge in [-0.1, -0.05) is 0 Å². The Labute approximate surface area is 181 Å². The number of amides is 2. The summed E-state index contributed by atoms with van der Waals surface area (Å²) in [7, 11) is 4.46. The molecule has 1 aromatic carbocycles. The first-order valence-corrected chi connectivity index (χ1v) is 9.86. The van der Waals surface area contributed by atoms with E-state index in [-0.39, 0.29) is 23.0 Å². The van der Waals surface area contributed by atoms with Crippen molar-refractivity contribution < 1.29 is 23.8 Å². The van der Waals surface area contributed by atoms with E-state index < -0.39 is 11.5 Å². The Morgan fingerprint density at radius 2 is 1.81 bits per heavy atom. The number of ether oxygens (including phenoxy) is 3. The standard InChI is InChI=1S/C20H20N4O6S/c1-28-14-7-11(8-15(29-2)17(14)30-3)22-16(25)9-12-10-31-20(23-12)24-19(27)13-5-4-6-21-18(13)26/h4-8,10H,9H2,1-3H3,(H,21,26)(H,22,25)(H,23,24,27). The van der Waals surface area contributed by atoms with Crippen molar-refractivity contribution in [1.82, 2.24) is 9.97 Å². The molecule has 3 N–H and O–H groups in total. The van der Waals surface area contributed by atoms with Crippen molar-refractivity contribution >= 4 is 34.0 Å². The monoisotopic (exact) mass is 444 g/mol. The lowest BCUT2D eigenvalue weighted by Crippen LogP contribution is -2.22. The van der Waals surface area contributed by atoms with Gasteiger partial charge in [-0.15, -0.1) is 11.3 Å². The quantitative estimate of drug-likeness (QED) is 0.486. The molecule has 31 heavy (non-hydrogen) atoms. The molecule has 0 saturated heterocycles. The van der Waals surface area contributed by atoms with Crippen LogP contribution in [-0.4, -0.2) is 43.1 Å². The van der Waals surface area contributed by atoms with Crippen LogP contribution in [0, 0.1) is 0 Å². The predicted octanol–water partition coefficient (Wildman–Crippen LogP) is 2.29. The topological polar surface area (TPSA) is 132 Å². The number of aromatic amines is 1. The molecule has 2 aromatic heterocycles. The summed E-state index contributed by atoms with van der Waals surface area (Å²) >= 11 is 1.15. The zero-order valence-corrected chi connectivity index (χ0v) is 17.8. The Hall–Kier alpha value is -3.86. The van der Waals surface area contributed by atoms with E-state index in [1.54, 1.807) is 23.6 Å². The molecule has 0 unspecified atom stereocenters. The minimum atomic E-state index is -0.579. The van der Waals surface area contributed by atoms with Gasteiger partial charge in [-0.3, -0.25) is 19.7 Å². The molecule has 0 spiro atoms. The van der Waals surface area contributed by atoms with Crippen LogP contribution in [0.1, 0.15) is 16.1 Å². The van der Waals surface area contributed by atoms with Crippen LogP contribution < -0.4 is 30.4 Å². The van der Waals surface area contributed by atoms with Crippen molar-refractivity contribution in [2.24, 2.45) is 0 Å². The van der Waals surface area contributed by atoms with Gasteiger partial charge in [0.15, 0.2) is 16.6 Å². The van der Waals surface area contributed by atoms with Crippen LogP contribution in [0.25, 0.3) is 0 Å². The summed E-state index contributed by atoms with van der Waals surface area (Å²) in [6.45, 7) is 0. The summed E-state index contributed by atoms with van der Waals surface area (Å²) in [5.74, 6) is 0.333. The second-order valence-corrected chi connectivity index (χ2v) is 7.01. The summed E-state index contributed by atoms with van der Waals surface area (Å²) in [6.07, 6.45) is 1.42. The SMILES string of the molecule is COc1cc(NC(=O)Cc2csc(NC(=O)c3ccc[nH]c3=O)n2)cc(OC)c1OC. The minimum absolute atomic E-state index is 0.0189. The molecule has 2 heterocycles. The largest absolute Gasteiger partial charge is 0.493 e. The van der Waals surface area contributed by atoms with E-state index in [1.165, 1.54) is 33.6 Å². The van der Waals surface area contributed by atoms with E-state index in [0.29, 0.717) is 28.6 Å². The van der Waals surface area contributed by atoms with Gasteiger partial charge < -0.3 is 24.5 Å². The number of thiazole rings is 1. The maximum absolute atomic E-state index is 12.4. The number of hydrogen-bond donors (Lipinski definition) is 3. The van der Waals surface area contributed by atoms with Crippen molar-refractivity contribution in [2.45, 2.75) is 6.42 Å². The van der Waals surface area contributed by atoms with E-state index >= 15 is 0 Å². The van der Waals surface area contributed by atoms with Crippen LogP contribution in [-0.2, 0) is 11.2 Å². The molecule has 0 fully saturated rings. The number of methoxy groups -OCH3 is 3. The van der Waals surface area contributed by atoms with Gasteiger partial charge in [0, 0.05) is 29.4 Å². The Bertz CT molecular complexity index is 1130. The number of benzene rings is 1. The molecule has 10 nitrogen and oxygen atoms in total. The zero-order valence-electron chi connectivity index (χ0n) is 17.0. The maximum atomic E-state index is 12.4. The fourth-order valence-electron chi connectivity index (χ4n) is 2.73. The lowest BCUT2D eigenvalue weighted by atomic mass is 10.2. The number of rotatable bonds is 8. The zero-order chi connectivity index (χ0) is 22.4. The van der Waals surface area contributed by atoms with Crippen molar-refractivity contribution in [3.63, 3.8) is 0 Å². The number of aromatic nitrogens is 2. The number of hydrogen-bond acceptors (Lipinski definition) is 8. The molecular formula is C20H20N4O6S. The van der Waals surface area contributed by atoms with Gasteiger partial charge in [0.1, 0.15) is 5.56 Å². The lowest BCUT2D eigenvalue weighted by Gasteiger charge is -2.14. The summed E-state index contributed by atoms with van der Waals surface area (Å²) in [5, 5.41) is 7.24. The van der Waals surface area contributed by atoms with E-state index in [1.807, 2.05) is 0 Å². The number of nitrogens with zero attached hydrogens (tertiary/aromatic N) is 1. The van der Waals surface area contributed by atoms with Crippen LogP contribution in [0.3, 0.4) is 0 Å². The van der Waals surface area contributed by atoms with Crippen LogP contribution >= 0.6 is 11.3 Å². The molecule has 0 aliphatic rings. The van der Waals surface area contributed by atoms with Gasteiger partial charge in [-0.2, -0.15) is 0 Å². The Morgan fingerprint density at radius 3 is 2.42 bits per heavy atom. The van der Waals surface area contributed by atoms with E-state index in [2.05, 4.69) is 20.6 Å². The third-order valence-electron chi connectivity index (χ3n) is 4.13. The van der Waals surface area contributed by atoms with Crippen LogP contribution in [0.15, 0.2) is 40.6 Å². The van der Waals surface area contributed by atoms with Gasteiger partial charge in [0.25, 0.3) is 11.5 Å². The van der Waals surface area contributed by atoms with Crippen molar-refractivity contribution in [3.05, 3.63) is 57.5 Å². The van der Waals surface area contributed by atoms with Gasteiger partial charge in [-0.05, 0) is 12.1 Å². The van der Waals surface area contributed by atoms with Gasteiger partial charge in [-0.25, -0.2) is 4.98 Å². The van der Waals surface area contributed by atoms with Crippen molar-refractivity contribution in [3.8, 4) is 17.2 Å². The number of anilines is 2. The smallest absolute Gasteiger partial charge is 0.263 e. The van der Waals surface area contributed by atoms with Gasteiger partial charge in [0.05, 0.1) is 33.4 Å². The first kappa shape index (κ1) is 21.8. The Morgan fingerprint density at radius 1 is 1.10 bits per heavy atom. The Kier molecular flexibility index (Phi) is 6.88. The molecule has 0 radical (unpaired) electrons. The highest BCUT2D eigenvalue weighted by molar-refractivity contribution is 7.14. The number of nitrogens with one attached hydrogen (secondary N) is 3. The molecule has 0 aliphatic heterocycles. The summed E-state index contributed by atoms with van der Waals surface area (Å²) in [5.41, 5.74) is 0.402. The van der Waals surface area contributed by atoms with Crippen LogP contribution in [0.4, 0.5) is 10.8 Å². The maximum Gasteiger partial charge on any atom is 0.263 e. The second-order valence-electron chi connectivity index (χ2n) is 6.15. The Balaban J connectivity index is 1.66. The summed E-state index contributed by atoms with van der Waals surface area (Å²) in [4.78, 5) is 43.0. The van der Waals surface area contributed by atoms with E-state index in [4.69, 9.17) is 14.2 Å². The molecule has 3 aromatic rings. The minimum Gasteiger partial charge on any atom is -0.493 e. The highest BCUT2D eigenvalue weighted by Gasteiger charge is 2.16. The van der Waals surface area contributed by atoms with E-state index in [0.717, 1.165) is 11.3 Å². The van der Waals surface area contributed by atoms with Crippen molar-refractivity contribution in [1.29, 1.82) is 0 Å². The number of carbonyl (C=O) groups is 2. The number of carbonyl (C=O) groups excluding carboxylic acids is 2. The summed E-state index contributed by atoms with van der Waals surface area (Å²) < 4.78 is 15.8. The van der Waals surface area contributed by atoms with Crippen molar-refractivity contribution in [2.75, 3.05) is 32.0 Å². The van der Waals surface area contributed by atoms with Crippen LogP contribution in [0.5, 0.6) is 17.2 Å². The second kappa shape index (κ2) is 9.76. The molecule has 0 saturated carbocycles. The van der Waals surface area contributed by atoms with Crippen LogP contribution in [0.2, 0.25) is 0 Å². The average molecular weight is 444 g/mol. The molecule has 11 heteroatoms. The molecule has 2 amide bonds. The first-order valence-electron chi connectivity index (χ1n) is 8.98. The molecule has 0 aliphatic carbocycles. The van der Waals surface area contributed by atoms with Gasteiger partial charge in [0.2, 0.25) is 11.7 Å². The highest BCUT2D eigenvalue weighted by Crippen LogP contribution is 2.39. The lowest BCUT2D eigenvalue weighted by molar-refractivity contribution is -0.115. The number of H-pyrrole nitrogens is 1. The predicted molar refractivity (Wildman–Crippen MR) is 116 cm³/mol. The normalized spacial score (nSPS) is 10.3. The summed E-state index contributed by atoms with van der Waals surface area (Å²) in [6, 6.07) is 6.19. The fourth-order valence-corrected chi connectivity index (χ4v) is 3.44. The van der Waals surface area contributed by atoms with Gasteiger partial charge >= 0.3 is 0 Å². The average Bonchev–Trinajstić information content (AvgIpc) is 3.19.